The largest absolute Gasteiger partial charge is 0.508 e. The van der Waals surface area contributed by atoms with E-state index in [9.17, 15) is 38.4 Å². The molecule has 2 atom stereocenters. The van der Waals surface area contributed by atoms with E-state index in [4.69, 9.17) is 11.2 Å². The number of phenolic OH excluding ortho intramolecular Hbond substituents is 2. The summed E-state index contributed by atoms with van der Waals surface area (Å²) < 4.78 is 42.7. The molecule has 158 valence electrons. The van der Waals surface area contributed by atoms with Gasteiger partial charge in [0.15, 0.2) is 0 Å². The fourth-order valence-electron chi connectivity index (χ4n) is 3.54. The molecule has 0 aliphatic heterocycles. The number of halogens is 3. The van der Waals surface area contributed by atoms with Gasteiger partial charge in [-0.2, -0.15) is 13.2 Å². The first-order chi connectivity index (χ1) is 14.0. The second-order valence-electron chi connectivity index (χ2n) is 6.70. The minimum absolute atomic E-state index is 0.325. The average molecular weight is 423 g/mol. The van der Waals surface area contributed by atoms with Crippen LogP contribution in [0.4, 0.5) is 18.9 Å². The zero-order chi connectivity index (χ0) is 22.2. The maximum Gasteiger partial charge on any atom is 0.471 e. The van der Waals surface area contributed by atoms with Crippen molar-refractivity contribution in [2.45, 2.75) is 30.2 Å². The molecule has 0 heterocycles. The number of aliphatic hydroxyl groups is 2. The Labute approximate surface area is 168 Å². The Balaban J connectivity index is 1.91. The van der Waals surface area contributed by atoms with Gasteiger partial charge in [-0.05, 0) is 17.7 Å². The van der Waals surface area contributed by atoms with E-state index < -0.39 is 53.3 Å². The summed E-state index contributed by atoms with van der Waals surface area (Å²) in [5.41, 5.74) is -0.405. The molecule has 30 heavy (non-hydrogen) atoms. The summed E-state index contributed by atoms with van der Waals surface area (Å²) in [7, 11) is 0. The molecule has 1 fully saturated rings. The van der Waals surface area contributed by atoms with E-state index >= 15 is 0 Å². The molecular weight excluding hydrogens is 407 g/mol. The molecule has 5 N–H and O–H groups in total. The van der Waals surface area contributed by atoms with Gasteiger partial charge < -0.3 is 30.5 Å². The van der Waals surface area contributed by atoms with Crippen molar-refractivity contribution < 1.29 is 43.1 Å². The van der Waals surface area contributed by atoms with Crippen LogP contribution in [0.15, 0.2) is 36.4 Å². The molecule has 0 aromatic heterocycles. The number of benzene rings is 2. The van der Waals surface area contributed by atoms with Crippen molar-refractivity contribution in [2.24, 2.45) is 0 Å². The number of anilines is 1. The number of hydrogen-bond donors (Lipinski definition) is 5. The number of aliphatic hydroxyl groups excluding tert-OH is 2. The SMILES string of the molecule is C#COc1ccc(C2C(O)C(c3c(O)cc(O)cc3NC(=O)C(F)(F)F)C2O)cc1. The summed E-state index contributed by atoms with van der Waals surface area (Å²) in [6.07, 6.45) is -0.823. The Morgan fingerprint density at radius 3 is 2.20 bits per heavy atom. The molecule has 0 bridgehead atoms. The van der Waals surface area contributed by atoms with E-state index in [2.05, 4.69) is 0 Å². The Hall–Kier alpha value is -3.42. The minimum atomic E-state index is -5.22. The molecule has 2 aromatic carbocycles. The van der Waals surface area contributed by atoms with Gasteiger partial charge in [-0.15, -0.1) is 0 Å². The van der Waals surface area contributed by atoms with E-state index in [0.717, 1.165) is 12.1 Å². The van der Waals surface area contributed by atoms with E-state index in [0.29, 0.717) is 11.3 Å². The van der Waals surface area contributed by atoms with Crippen molar-refractivity contribution in [1.29, 1.82) is 0 Å². The molecule has 0 radical (unpaired) electrons. The first-order valence-corrected chi connectivity index (χ1v) is 8.57. The van der Waals surface area contributed by atoms with E-state index in [-0.39, 0.29) is 5.56 Å². The molecule has 2 unspecified atom stereocenters. The summed E-state index contributed by atoms with van der Waals surface area (Å²) in [5.74, 6) is -5.33. The number of terminal acetylenes is 1. The highest BCUT2D eigenvalue weighted by atomic mass is 19.4. The number of aromatic hydroxyl groups is 2. The van der Waals surface area contributed by atoms with Crippen molar-refractivity contribution in [3.05, 3.63) is 47.5 Å². The summed E-state index contributed by atoms with van der Waals surface area (Å²) >= 11 is 0. The van der Waals surface area contributed by atoms with Gasteiger partial charge in [0.05, 0.1) is 17.9 Å². The molecule has 10 heteroatoms. The molecule has 0 spiro atoms. The molecule has 7 nitrogen and oxygen atoms in total. The summed E-state index contributed by atoms with van der Waals surface area (Å²) in [4.78, 5) is 11.3. The van der Waals surface area contributed by atoms with E-state index in [1.54, 1.807) is 17.4 Å². The number of carbonyl (C=O) groups excluding carboxylic acids is 1. The van der Waals surface area contributed by atoms with Crippen LogP contribution < -0.4 is 10.1 Å². The summed E-state index contributed by atoms with van der Waals surface area (Å²) in [6.45, 7) is 0. The molecule has 1 amide bonds. The van der Waals surface area contributed by atoms with Gasteiger partial charge in [-0.1, -0.05) is 18.6 Å². The van der Waals surface area contributed by atoms with Gasteiger partial charge in [0, 0.05) is 29.5 Å². The van der Waals surface area contributed by atoms with Gasteiger partial charge in [-0.25, -0.2) is 0 Å². The number of carbonyl (C=O) groups is 1. The minimum Gasteiger partial charge on any atom is -0.508 e. The Bertz CT molecular complexity index is 989. The van der Waals surface area contributed by atoms with Crippen molar-refractivity contribution >= 4 is 11.6 Å². The average Bonchev–Trinajstić information content (AvgIpc) is 2.65. The molecule has 3 rings (SSSR count). The second-order valence-corrected chi connectivity index (χ2v) is 6.70. The van der Waals surface area contributed by atoms with Crippen LogP contribution in [0.2, 0.25) is 0 Å². The maximum atomic E-state index is 12.6. The molecule has 1 aliphatic carbocycles. The lowest BCUT2D eigenvalue weighted by atomic mass is 9.63. The van der Waals surface area contributed by atoms with Gasteiger partial charge in [0.1, 0.15) is 23.4 Å². The number of nitrogens with one attached hydrogen (secondary N) is 1. The number of amides is 1. The van der Waals surface area contributed by atoms with Crippen LogP contribution in [0.25, 0.3) is 0 Å². The highest BCUT2D eigenvalue weighted by Crippen LogP contribution is 2.53. The number of ether oxygens (including phenoxy) is 1. The third kappa shape index (κ3) is 3.85. The third-order valence-electron chi connectivity index (χ3n) is 4.90. The third-order valence-corrected chi connectivity index (χ3v) is 4.90. The standard InChI is InChI=1S/C20H16F3NO6/c1-2-30-11-5-3-9(4-6-11)14-17(27)16(18(14)28)15-12(7-10(25)8-13(15)26)24-19(29)20(21,22)23/h1,3-8,14,16-18,25-28H,(H,24,29). The first kappa shape index (κ1) is 21.3. The van der Waals surface area contributed by atoms with Crippen molar-refractivity contribution in [2.75, 3.05) is 5.32 Å². The fraction of sp³-hybridized carbons (Fsp3) is 0.250. The van der Waals surface area contributed by atoms with Gasteiger partial charge in [-0.3, -0.25) is 4.79 Å². The van der Waals surface area contributed by atoms with Crippen molar-refractivity contribution in [3.8, 4) is 29.8 Å². The van der Waals surface area contributed by atoms with Gasteiger partial charge >= 0.3 is 12.1 Å². The zero-order valence-electron chi connectivity index (χ0n) is 15.1. The fourth-order valence-corrected chi connectivity index (χ4v) is 3.54. The highest BCUT2D eigenvalue weighted by molar-refractivity contribution is 5.96. The quantitative estimate of drug-likeness (QED) is 0.481. The van der Waals surface area contributed by atoms with E-state index in [1.165, 1.54) is 12.1 Å². The number of rotatable bonds is 4. The van der Waals surface area contributed by atoms with Crippen molar-refractivity contribution in [1.82, 2.24) is 0 Å². The number of hydrogen-bond acceptors (Lipinski definition) is 6. The van der Waals surface area contributed by atoms with Crippen molar-refractivity contribution in [3.63, 3.8) is 0 Å². The van der Waals surface area contributed by atoms with Crippen LogP contribution in [0, 0.1) is 12.5 Å². The van der Waals surface area contributed by atoms with Crippen LogP contribution in [-0.4, -0.2) is 44.7 Å². The normalized spacial score (nSPS) is 23.2. The Morgan fingerprint density at radius 2 is 1.67 bits per heavy atom. The Morgan fingerprint density at radius 1 is 1.07 bits per heavy atom. The van der Waals surface area contributed by atoms with Gasteiger partial charge in [0.2, 0.25) is 0 Å². The second kappa shape index (κ2) is 7.78. The molecular formula is C20H16F3NO6. The summed E-state index contributed by atoms with van der Waals surface area (Å²) in [5, 5.41) is 42.5. The van der Waals surface area contributed by atoms with Crippen LogP contribution >= 0.6 is 0 Å². The molecule has 0 saturated heterocycles. The molecule has 2 aromatic rings. The highest BCUT2D eigenvalue weighted by Gasteiger charge is 2.52. The van der Waals surface area contributed by atoms with E-state index in [1.807, 2.05) is 6.11 Å². The predicted octanol–water partition coefficient (Wildman–Crippen LogP) is 2.17. The topological polar surface area (TPSA) is 119 Å². The predicted molar refractivity (Wildman–Crippen MR) is 97.9 cm³/mol. The van der Waals surface area contributed by atoms with Crippen LogP contribution in [0.1, 0.15) is 23.0 Å². The maximum absolute atomic E-state index is 12.6. The smallest absolute Gasteiger partial charge is 0.471 e. The lowest BCUT2D eigenvalue weighted by Crippen LogP contribution is -2.52. The lowest BCUT2D eigenvalue weighted by molar-refractivity contribution is -0.167. The van der Waals surface area contributed by atoms with Crippen LogP contribution in [0.3, 0.4) is 0 Å². The number of phenols is 2. The summed E-state index contributed by atoms with van der Waals surface area (Å²) in [6, 6.07) is 7.73. The van der Waals surface area contributed by atoms with Crippen LogP contribution in [-0.2, 0) is 4.79 Å². The Kier molecular flexibility index (Phi) is 5.52. The van der Waals surface area contributed by atoms with Gasteiger partial charge in [0.25, 0.3) is 0 Å². The number of alkyl halides is 3. The van der Waals surface area contributed by atoms with Crippen LogP contribution in [0.5, 0.6) is 17.2 Å². The zero-order valence-corrected chi connectivity index (χ0v) is 15.1. The molecule has 1 aliphatic rings. The lowest BCUT2D eigenvalue weighted by Gasteiger charge is -2.47. The first-order valence-electron chi connectivity index (χ1n) is 8.57. The molecule has 1 saturated carbocycles. The monoisotopic (exact) mass is 423 g/mol.